The van der Waals surface area contributed by atoms with Crippen molar-refractivity contribution in [3.05, 3.63) is 108 Å². The number of urea groups is 1. The number of ether oxygens (including phenoxy) is 2. The molecule has 0 aromatic heterocycles. The van der Waals surface area contributed by atoms with Crippen LogP contribution in [0.5, 0.6) is 11.5 Å². The molecule has 0 radical (unpaired) electrons. The third-order valence-corrected chi connectivity index (χ3v) is 5.39. The van der Waals surface area contributed by atoms with E-state index in [9.17, 15) is 14.4 Å². The zero-order valence-electron chi connectivity index (χ0n) is 19.2. The quantitative estimate of drug-likeness (QED) is 0.295. The van der Waals surface area contributed by atoms with E-state index in [1.165, 1.54) is 13.2 Å². The molecule has 3 aromatic rings. The lowest BCUT2D eigenvalue weighted by Gasteiger charge is -2.26. The fraction of sp³-hybridized carbons (Fsp3) is 0.107. The van der Waals surface area contributed by atoms with Crippen molar-refractivity contribution in [1.29, 1.82) is 0 Å². The van der Waals surface area contributed by atoms with E-state index < -0.39 is 17.8 Å². The van der Waals surface area contributed by atoms with Crippen molar-refractivity contribution in [1.82, 2.24) is 5.32 Å². The fourth-order valence-electron chi connectivity index (χ4n) is 3.75. The Hall–Kier alpha value is -4.65. The molecular formula is C28H24N2O5. The minimum absolute atomic E-state index is 0.169. The Morgan fingerprint density at radius 3 is 2.31 bits per heavy atom. The number of anilines is 1. The normalized spacial score (nSPS) is 14.6. The Labute approximate surface area is 203 Å². The van der Waals surface area contributed by atoms with E-state index >= 15 is 0 Å². The Bertz CT molecular complexity index is 1300. The van der Waals surface area contributed by atoms with Crippen molar-refractivity contribution >= 4 is 29.6 Å². The molecule has 4 amide bonds. The monoisotopic (exact) mass is 468 g/mol. The average Bonchev–Trinajstić information content (AvgIpc) is 2.87. The van der Waals surface area contributed by atoms with Crippen molar-refractivity contribution in [2.45, 2.75) is 13.0 Å². The maximum absolute atomic E-state index is 13.1. The van der Waals surface area contributed by atoms with Gasteiger partial charge in [-0.05, 0) is 47.9 Å². The summed E-state index contributed by atoms with van der Waals surface area (Å²) in [5.41, 5.74) is 2.52. The van der Waals surface area contributed by atoms with Crippen LogP contribution in [-0.2, 0) is 22.6 Å². The van der Waals surface area contributed by atoms with Gasteiger partial charge in [0, 0.05) is 5.56 Å². The van der Waals surface area contributed by atoms with Gasteiger partial charge in [0.1, 0.15) is 12.2 Å². The molecule has 7 nitrogen and oxygen atoms in total. The molecule has 7 heteroatoms. The van der Waals surface area contributed by atoms with Gasteiger partial charge in [0.15, 0.2) is 11.5 Å². The SMILES string of the molecule is C=CCc1cc(/C=C2\C(=O)NC(=O)N(c3ccccc3)C2=O)cc(OC)c1OCc1ccccc1. The lowest BCUT2D eigenvalue weighted by atomic mass is 10.0. The first-order valence-corrected chi connectivity index (χ1v) is 11.0. The number of carbonyl (C=O) groups excluding carboxylic acids is 3. The number of hydrogen-bond donors (Lipinski definition) is 1. The molecule has 0 unspecified atom stereocenters. The third-order valence-electron chi connectivity index (χ3n) is 5.39. The van der Waals surface area contributed by atoms with Gasteiger partial charge in [-0.15, -0.1) is 6.58 Å². The predicted octanol–water partition coefficient (Wildman–Crippen LogP) is 4.67. The molecule has 3 aromatic carbocycles. The summed E-state index contributed by atoms with van der Waals surface area (Å²) in [4.78, 5) is 39.0. The topological polar surface area (TPSA) is 84.9 Å². The summed E-state index contributed by atoms with van der Waals surface area (Å²) in [7, 11) is 1.52. The Balaban J connectivity index is 1.70. The summed E-state index contributed by atoms with van der Waals surface area (Å²) in [6.45, 7) is 4.16. The van der Waals surface area contributed by atoms with E-state index in [1.807, 2.05) is 30.3 Å². The van der Waals surface area contributed by atoms with Gasteiger partial charge < -0.3 is 9.47 Å². The maximum Gasteiger partial charge on any atom is 0.335 e. The largest absolute Gasteiger partial charge is 0.493 e. The minimum Gasteiger partial charge on any atom is -0.493 e. The fourth-order valence-corrected chi connectivity index (χ4v) is 3.75. The van der Waals surface area contributed by atoms with Crippen molar-refractivity contribution in [2.75, 3.05) is 12.0 Å². The van der Waals surface area contributed by atoms with Crippen molar-refractivity contribution < 1.29 is 23.9 Å². The number of methoxy groups -OCH3 is 1. The van der Waals surface area contributed by atoms with Crippen LogP contribution in [0.25, 0.3) is 6.08 Å². The molecule has 176 valence electrons. The number of imide groups is 2. The van der Waals surface area contributed by atoms with E-state index in [-0.39, 0.29) is 5.57 Å². The van der Waals surface area contributed by atoms with Crippen molar-refractivity contribution in [3.8, 4) is 11.5 Å². The summed E-state index contributed by atoms with van der Waals surface area (Å²) in [6.07, 6.45) is 3.65. The van der Waals surface area contributed by atoms with Crippen LogP contribution in [0.15, 0.2) is 91.0 Å². The van der Waals surface area contributed by atoms with Crippen LogP contribution in [0.4, 0.5) is 10.5 Å². The molecule has 4 rings (SSSR count). The highest BCUT2D eigenvalue weighted by Crippen LogP contribution is 2.35. The molecule has 1 saturated heterocycles. The second-order valence-corrected chi connectivity index (χ2v) is 7.77. The summed E-state index contributed by atoms with van der Waals surface area (Å²) >= 11 is 0. The summed E-state index contributed by atoms with van der Waals surface area (Å²) in [5.74, 6) is -0.467. The number of allylic oxidation sites excluding steroid dienone is 1. The molecule has 0 spiro atoms. The first-order chi connectivity index (χ1) is 17.0. The van der Waals surface area contributed by atoms with Gasteiger partial charge in [0.25, 0.3) is 11.8 Å². The lowest BCUT2D eigenvalue weighted by molar-refractivity contribution is -0.122. The van der Waals surface area contributed by atoms with Crippen LogP contribution in [0.1, 0.15) is 16.7 Å². The number of benzene rings is 3. The molecule has 1 N–H and O–H groups in total. The van der Waals surface area contributed by atoms with Gasteiger partial charge >= 0.3 is 6.03 Å². The van der Waals surface area contributed by atoms with Crippen molar-refractivity contribution in [2.24, 2.45) is 0 Å². The number of nitrogens with zero attached hydrogens (tertiary/aromatic N) is 1. The second-order valence-electron chi connectivity index (χ2n) is 7.77. The van der Waals surface area contributed by atoms with Crippen LogP contribution in [-0.4, -0.2) is 25.0 Å². The van der Waals surface area contributed by atoms with Gasteiger partial charge in [-0.3, -0.25) is 14.9 Å². The maximum atomic E-state index is 13.1. The highest BCUT2D eigenvalue weighted by molar-refractivity contribution is 6.39. The van der Waals surface area contributed by atoms with E-state index in [0.717, 1.165) is 16.0 Å². The van der Waals surface area contributed by atoms with E-state index in [1.54, 1.807) is 48.5 Å². The van der Waals surface area contributed by atoms with Gasteiger partial charge in [0.2, 0.25) is 0 Å². The molecular weight excluding hydrogens is 444 g/mol. The standard InChI is InChI=1S/C28H24N2O5/c1-3-10-21-15-20(17-24(34-2)25(21)35-18-19-11-6-4-7-12-19)16-23-26(31)29-28(33)30(27(23)32)22-13-8-5-9-14-22/h3-9,11-17H,1,10,18H2,2H3,(H,29,31,33)/b23-16+. The second kappa shape index (κ2) is 10.5. The number of amides is 4. The molecule has 1 heterocycles. The van der Waals surface area contributed by atoms with E-state index in [2.05, 4.69) is 11.9 Å². The van der Waals surface area contributed by atoms with E-state index in [0.29, 0.717) is 35.8 Å². The first kappa shape index (κ1) is 23.5. The van der Waals surface area contributed by atoms with Crippen LogP contribution in [0.2, 0.25) is 0 Å². The third kappa shape index (κ3) is 5.14. The Kier molecular flexibility index (Phi) is 7.07. The number of hydrogen-bond acceptors (Lipinski definition) is 5. The van der Waals surface area contributed by atoms with Crippen LogP contribution in [0.3, 0.4) is 0 Å². The molecule has 1 fully saturated rings. The van der Waals surface area contributed by atoms with Crippen LogP contribution < -0.4 is 19.7 Å². The first-order valence-electron chi connectivity index (χ1n) is 11.0. The number of barbiturate groups is 1. The average molecular weight is 469 g/mol. The number of carbonyl (C=O) groups is 3. The van der Waals surface area contributed by atoms with Gasteiger partial charge in [-0.25, -0.2) is 9.69 Å². The molecule has 0 atom stereocenters. The molecule has 1 aliphatic rings. The molecule has 0 aliphatic carbocycles. The highest BCUT2D eigenvalue weighted by Gasteiger charge is 2.36. The lowest BCUT2D eigenvalue weighted by Crippen LogP contribution is -2.54. The van der Waals surface area contributed by atoms with Gasteiger partial charge in [-0.1, -0.05) is 54.6 Å². The molecule has 35 heavy (non-hydrogen) atoms. The summed E-state index contributed by atoms with van der Waals surface area (Å²) in [6, 6.07) is 20.9. The van der Waals surface area contributed by atoms with Gasteiger partial charge in [0.05, 0.1) is 12.8 Å². The smallest absolute Gasteiger partial charge is 0.335 e. The number of nitrogens with one attached hydrogen (secondary N) is 1. The van der Waals surface area contributed by atoms with Crippen LogP contribution >= 0.6 is 0 Å². The number of rotatable bonds is 8. The zero-order chi connectivity index (χ0) is 24.8. The Morgan fingerprint density at radius 1 is 0.971 bits per heavy atom. The number of para-hydroxylation sites is 1. The van der Waals surface area contributed by atoms with Crippen LogP contribution in [0, 0.1) is 0 Å². The van der Waals surface area contributed by atoms with Gasteiger partial charge in [-0.2, -0.15) is 0 Å². The molecule has 0 bridgehead atoms. The van der Waals surface area contributed by atoms with Crippen molar-refractivity contribution in [3.63, 3.8) is 0 Å². The summed E-state index contributed by atoms with van der Waals surface area (Å²) in [5, 5.41) is 2.23. The zero-order valence-corrected chi connectivity index (χ0v) is 19.2. The highest BCUT2D eigenvalue weighted by atomic mass is 16.5. The summed E-state index contributed by atoms with van der Waals surface area (Å²) < 4.78 is 11.7. The van der Waals surface area contributed by atoms with E-state index in [4.69, 9.17) is 9.47 Å². The minimum atomic E-state index is -0.794. The predicted molar refractivity (Wildman–Crippen MR) is 133 cm³/mol. The molecule has 0 saturated carbocycles. The molecule has 1 aliphatic heterocycles. The Morgan fingerprint density at radius 2 is 1.66 bits per heavy atom.